The largest absolute Gasteiger partial charge is 0.384 e. The van der Waals surface area contributed by atoms with Gasteiger partial charge in [0.1, 0.15) is 5.82 Å². The number of nitrogen functional groups attached to an aromatic ring is 1. The molecular formula is C7H10N4O3S. The number of primary amides is 1. The minimum Gasteiger partial charge on any atom is -0.384 e. The van der Waals surface area contributed by atoms with Gasteiger partial charge < -0.3 is 11.5 Å². The summed E-state index contributed by atoms with van der Waals surface area (Å²) in [5.74, 6) is -0.683. The molecule has 0 unspecified atom stereocenters. The topological polar surface area (TPSA) is 128 Å². The smallest absolute Gasteiger partial charge is 0.241 e. The summed E-state index contributed by atoms with van der Waals surface area (Å²) in [7, 11) is -3.75. The van der Waals surface area contributed by atoms with Gasteiger partial charge in [0.2, 0.25) is 15.9 Å². The number of carbonyl (C=O) groups excluding carboxylic acids is 1. The van der Waals surface area contributed by atoms with Gasteiger partial charge in [-0.15, -0.1) is 0 Å². The number of aromatic nitrogens is 1. The average Bonchev–Trinajstić information content (AvgIpc) is 2.15. The van der Waals surface area contributed by atoms with E-state index >= 15 is 0 Å². The molecule has 0 fully saturated rings. The Bertz CT molecular complexity index is 471. The molecule has 1 rings (SSSR count). The molecular weight excluding hydrogens is 220 g/mol. The molecule has 5 N–H and O–H groups in total. The highest BCUT2D eigenvalue weighted by Gasteiger charge is 2.14. The van der Waals surface area contributed by atoms with Crippen molar-refractivity contribution in [2.24, 2.45) is 5.73 Å². The van der Waals surface area contributed by atoms with Crippen LogP contribution in [0.25, 0.3) is 0 Å². The number of amides is 1. The maximum absolute atomic E-state index is 11.5. The van der Waals surface area contributed by atoms with Gasteiger partial charge in [-0.25, -0.2) is 18.1 Å². The number of sulfonamides is 1. The van der Waals surface area contributed by atoms with E-state index in [4.69, 9.17) is 11.5 Å². The summed E-state index contributed by atoms with van der Waals surface area (Å²) in [6, 6.07) is 2.45. The molecule has 0 aromatic carbocycles. The van der Waals surface area contributed by atoms with Crippen molar-refractivity contribution in [3.63, 3.8) is 0 Å². The van der Waals surface area contributed by atoms with Crippen molar-refractivity contribution < 1.29 is 13.2 Å². The molecule has 0 aliphatic carbocycles. The molecule has 1 heterocycles. The van der Waals surface area contributed by atoms with E-state index in [9.17, 15) is 13.2 Å². The highest BCUT2D eigenvalue weighted by molar-refractivity contribution is 7.89. The van der Waals surface area contributed by atoms with Gasteiger partial charge in [-0.1, -0.05) is 0 Å². The van der Waals surface area contributed by atoms with Gasteiger partial charge in [0.25, 0.3) is 0 Å². The summed E-state index contributed by atoms with van der Waals surface area (Å²) in [6.07, 6.45) is 1.26. The average molecular weight is 230 g/mol. The number of pyridine rings is 1. The van der Waals surface area contributed by atoms with Crippen molar-refractivity contribution in [3.05, 3.63) is 18.3 Å². The van der Waals surface area contributed by atoms with Gasteiger partial charge in [0, 0.05) is 12.3 Å². The predicted octanol–water partition coefficient (Wildman–Crippen LogP) is -1.57. The number of nitrogens with one attached hydrogen (secondary N) is 1. The van der Waals surface area contributed by atoms with E-state index in [0.717, 1.165) is 0 Å². The van der Waals surface area contributed by atoms with E-state index in [0.29, 0.717) is 0 Å². The van der Waals surface area contributed by atoms with Crippen LogP contribution in [-0.2, 0) is 14.8 Å². The number of anilines is 1. The summed E-state index contributed by atoms with van der Waals surface area (Å²) in [5.41, 5.74) is 10.1. The molecule has 1 aromatic heterocycles. The molecule has 0 aliphatic rings. The van der Waals surface area contributed by atoms with Gasteiger partial charge in [-0.2, -0.15) is 0 Å². The molecule has 0 atom stereocenters. The maximum Gasteiger partial charge on any atom is 0.241 e. The molecule has 15 heavy (non-hydrogen) atoms. The fourth-order valence-electron chi connectivity index (χ4n) is 0.845. The van der Waals surface area contributed by atoms with Gasteiger partial charge in [0.05, 0.1) is 11.4 Å². The Morgan fingerprint density at radius 3 is 2.73 bits per heavy atom. The monoisotopic (exact) mass is 230 g/mol. The first kappa shape index (κ1) is 11.4. The zero-order valence-electron chi connectivity index (χ0n) is 7.67. The number of rotatable bonds is 4. The van der Waals surface area contributed by atoms with E-state index < -0.39 is 22.5 Å². The summed E-state index contributed by atoms with van der Waals surface area (Å²) >= 11 is 0. The molecule has 8 heteroatoms. The summed E-state index contributed by atoms with van der Waals surface area (Å²) in [5, 5.41) is 0. The third kappa shape index (κ3) is 3.18. The van der Waals surface area contributed by atoms with Crippen molar-refractivity contribution in [2.45, 2.75) is 4.90 Å². The zero-order valence-corrected chi connectivity index (χ0v) is 8.49. The highest BCUT2D eigenvalue weighted by atomic mass is 32.2. The van der Waals surface area contributed by atoms with E-state index in [-0.39, 0.29) is 10.7 Å². The molecule has 1 aromatic rings. The number of nitrogens with zero attached hydrogens (tertiary/aromatic N) is 1. The standard InChI is InChI=1S/C7H10N4O3S/c8-6-3-5(1-2-10-6)15(13,14)11-4-7(9)12/h1-3,11H,4H2,(H2,8,10)(H2,9,12). The number of carbonyl (C=O) groups is 1. The Morgan fingerprint density at radius 2 is 2.20 bits per heavy atom. The summed E-state index contributed by atoms with van der Waals surface area (Å²) in [4.78, 5) is 14.0. The predicted molar refractivity (Wildman–Crippen MR) is 53.0 cm³/mol. The Balaban J connectivity index is 2.91. The highest BCUT2D eigenvalue weighted by Crippen LogP contribution is 2.09. The minimum atomic E-state index is -3.75. The number of hydrogen-bond acceptors (Lipinski definition) is 5. The fraction of sp³-hybridized carbons (Fsp3) is 0.143. The lowest BCUT2D eigenvalue weighted by Crippen LogP contribution is -2.33. The fourth-order valence-corrected chi connectivity index (χ4v) is 1.86. The van der Waals surface area contributed by atoms with Crippen molar-refractivity contribution >= 4 is 21.7 Å². The minimum absolute atomic E-state index is 0.0590. The molecule has 0 radical (unpaired) electrons. The Labute approximate surface area is 86.5 Å². The third-order valence-corrected chi connectivity index (χ3v) is 2.90. The summed E-state index contributed by atoms with van der Waals surface area (Å²) < 4.78 is 25.0. The number of hydrogen-bond donors (Lipinski definition) is 3. The molecule has 0 bridgehead atoms. The molecule has 1 amide bonds. The quantitative estimate of drug-likeness (QED) is 0.575. The van der Waals surface area contributed by atoms with Crippen LogP contribution in [0.1, 0.15) is 0 Å². The van der Waals surface area contributed by atoms with Crippen molar-refractivity contribution in [1.82, 2.24) is 9.71 Å². The van der Waals surface area contributed by atoms with Crippen LogP contribution in [0.15, 0.2) is 23.2 Å². The Kier molecular flexibility index (Phi) is 3.22. The lowest BCUT2D eigenvalue weighted by molar-refractivity contribution is -0.116. The van der Waals surface area contributed by atoms with Gasteiger partial charge in [0.15, 0.2) is 0 Å². The molecule has 7 nitrogen and oxygen atoms in total. The molecule has 0 spiro atoms. The Hall–Kier alpha value is -1.67. The van der Waals surface area contributed by atoms with Crippen LogP contribution in [0.2, 0.25) is 0 Å². The van der Waals surface area contributed by atoms with E-state index in [1.54, 1.807) is 0 Å². The first-order chi connectivity index (χ1) is 6.92. The van der Waals surface area contributed by atoms with Gasteiger partial charge in [-0.3, -0.25) is 4.79 Å². The van der Waals surface area contributed by atoms with Crippen LogP contribution in [-0.4, -0.2) is 25.9 Å². The van der Waals surface area contributed by atoms with Crippen molar-refractivity contribution in [2.75, 3.05) is 12.3 Å². The molecule has 0 aliphatic heterocycles. The van der Waals surface area contributed by atoms with E-state index in [1.165, 1.54) is 18.3 Å². The van der Waals surface area contributed by atoms with Crippen molar-refractivity contribution in [1.29, 1.82) is 0 Å². The van der Waals surface area contributed by atoms with Gasteiger partial charge >= 0.3 is 0 Å². The lowest BCUT2D eigenvalue weighted by atomic mass is 10.5. The summed E-state index contributed by atoms with van der Waals surface area (Å²) in [6.45, 7) is -0.454. The van der Waals surface area contributed by atoms with Crippen LogP contribution in [0, 0.1) is 0 Å². The Morgan fingerprint density at radius 1 is 1.53 bits per heavy atom. The molecule has 82 valence electrons. The van der Waals surface area contributed by atoms with E-state index in [1.807, 2.05) is 4.72 Å². The second-order valence-electron chi connectivity index (χ2n) is 2.71. The van der Waals surface area contributed by atoms with Crippen LogP contribution < -0.4 is 16.2 Å². The van der Waals surface area contributed by atoms with Crippen LogP contribution in [0.4, 0.5) is 5.82 Å². The van der Waals surface area contributed by atoms with Gasteiger partial charge in [-0.05, 0) is 6.07 Å². The van der Waals surface area contributed by atoms with Crippen LogP contribution >= 0.6 is 0 Å². The van der Waals surface area contributed by atoms with Crippen LogP contribution in [0.3, 0.4) is 0 Å². The zero-order chi connectivity index (χ0) is 11.5. The van der Waals surface area contributed by atoms with E-state index in [2.05, 4.69) is 4.98 Å². The second kappa shape index (κ2) is 4.24. The molecule has 0 saturated carbocycles. The van der Waals surface area contributed by atoms with Crippen molar-refractivity contribution in [3.8, 4) is 0 Å². The maximum atomic E-state index is 11.5. The SMILES string of the molecule is NC(=O)CNS(=O)(=O)c1ccnc(N)c1. The van der Waals surface area contributed by atoms with Crippen LogP contribution in [0.5, 0.6) is 0 Å². The first-order valence-electron chi connectivity index (χ1n) is 3.91. The molecule has 0 saturated heterocycles. The second-order valence-corrected chi connectivity index (χ2v) is 4.47. The lowest BCUT2D eigenvalue weighted by Gasteiger charge is -2.04. The first-order valence-corrected chi connectivity index (χ1v) is 5.39. The third-order valence-electron chi connectivity index (χ3n) is 1.50. The normalized spacial score (nSPS) is 11.2. The number of nitrogens with two attached hydrogens (primary N) is 2.